The molecule has 0 unspecified atom stereocenters. The Bertz CT molecular complexity index is 879. The molecule has 0 atom stereocenters. The average Bonchev–Trinajstić information content (AvgIpc) is 2.61. The Labute approximate surface area is 162 Å². The normalized spacial score (nSPS) is 10.5. The van der Waals surface area contributed by atoms with Gasteiger partial charge in [0.1, 0.15) is 0 Å². The van der Waals surface area contributed by atoms with Crippen molar-refractivity contribution in [3.63, 3.8) is 0 Å². The highest BCUT2D eigenvalue weighted by Gasteiger charge is 2.04. The molecule has 10 nitrogen and oxygen atoms in total. The van der Waals surface area contributed by atoms with Crippen molar-refractivity contribution >= 4 is 32.0 Å². The summed E-state index contributed by atoms with van der Waals surface area (Å²) in [6.07, 6.45) is -0.593. The molecule has 12 heteroatoms. The lowest BCUT2D eigenvalue weighted by molar-refractivity contribution is -0.143. The molecule has 0 amide bonds. The molecular formula is C16H20N2O8S2. The van der Waals surface area contributed by atoms with Crippen molar-refractivity contribution < 1.29 is 36.6 Å². The number of rotatable bonds is 5. The van der Waals surface area contributed by atoms with Gasteiger partial charge >= 0.3 is 11.9 Å². The highest BCUT2D eigenvalue weighted by molar-refractivity contribution is 7.89. The van der Waals surface area contributed by atoms with Crippen LogP contribution in [-0.2, 0) is 29.6 Å². The van der Waals surface area contributed by atoms with Crippen LogP contribution in [0.25, 0.3) is 0 Å². The molecule has 0 aliphatic heterocycles. The summed E-state index contributed by atoms with van der Waals surface area (Å²) in [4.78, 5) is 19.6. The molecule has 6 N–H and O–H groups in total. The molecule has 2 rings (SSSR count). The van der Waals surface area contributed by atoms with Crippen LogP contribution in [0.5, 0.6) is 0 Å². The molecule has 2 aromatic rings. The summed E-state index contributed by atoms with van der Waals surface area (Å²) in [7, 11) is -7.01. The van der Waals surface area contributed by atoms with Crippen LogP contribution in [0.1, 0.15) is 12.8 Å². The maximum absolute atomic E-state index is 10.6. The van der Waals surface area contributed by atoms with Crippen LogP contribution in [0, 0.1) is 0 Å². The predicted octanol–water partition coefficient (Wildman–Crippen LogP) is 0.604. The standard InChI is InChI=1S/2C6H7NO2S.C4H6O4/c2*7-10(8,9)6-4-2-1-3-5-6;5-3(6)1-2-4(7)8/h2*1-5H,(H2,7,8,9);1-2H2,(H,5,6)(H,7,8). The van der Waals surface area contributed by atoms with Gasteiger partial charge in [-0.05, 0) is 24.3 Å². The number of carboxylic acids is 2. The van der Waals surface area contributed by atoms with Crippen LogP contribution in [0.15, 0.2) is 70.5 Å². The van der Waals surface area contributed by atoms with Crippen molar-refractivity contribution in [3.8, 4) is 0 Å². The Kier molecular flexibility index (Phi) is 10.6. The third kappa shape index (κ3) is 12.5. The van der Waals surface area contributed by atoms with Gasteiger partial charge in [-0.1, -0.05) is 36.4 Å². The maximum Gasteiger partial charge on any atom is 0.303 e. The van der Waals surface area contributed by atoms with Crippen LogP contribution in [-0.4, -0.2) is 39.0 Å². The van der Waals surface area contributed by atoms with Crippen molar-refractivity contribution in [1.29, 1.82) is 0 Å². The first-order valence-electron chi connectivity index (χ1n) is 7.43. The largest absolute Gasteiger partial charge is 0.481 e. The Morgan fingerprint density at radius 1 is 0.643 bits per heavy atom. The van der Waals surface area contributed by atoms with Gasteiger partial charge in [0, 0.05) is 0 Å². The Hall–Kier alpha value is -2.80. The summed E-state index contributed by atoms with van der Waals surface area (Å²) in [6.45, 7) is 0. The molecule has 0 saturated carbocycles. The van der Waals surface area contributed by atoms with Gasteiger partial charge in [-0.15, -0.1) is 0 Å². The quantitative estimate of drug-likeness (QED) is 0.527. The molecule has 0 saturated heterocycles. The van der Waals surface area contributed by atoms with E-state index in [0.29, 0.717) is 0 Å². The van der Waals surface area contributed by atoms with Crippen LogP contribution >= 0.6 is 0 Å². The van der Waals surface area contributed by atoms with Gasteiger partial charge < -0.3 is 10.2 Å². The predicted molar refractivity (Wildman–Crippen MR) is 100 cm³/mol. The summed E-state index contributed by atoms with van der Waals surface area (Å²) in [5.41, 5.74) is 0. The average molecular weight is 432 g/mol. The van der Waals surface area contributed by atoms with E-state index in [-0.39, 0.29) is 22.6 Å². The molecule has 0 bridgehead atoms. The second kappa shape index (κ2) is 11.8. The van der Waals surface area contributed by atoms with Crippen molar-refractivity contribution in [2.75, 3.05) is 0 Å². The maximum atomic E-state index is 10.6. The Morgan fingerprint density at radius 3 is 1.04 bits per heavy atom. The third-order valence-corrected chi connectivity index (χ3v) is 4.55. The van der Waals surface area contributed by atoms with Crippen LogP contribution in [0.4, 0.5) is 0 Å². The zero-order chi connectivity index (χ0) is 21.8. The molecular weight excluding hydrogens is 412 g/mol. The SMILES string of the molecule is NS(=O)(=O)c1ccccc1.NS(=O)(=O)c1ccccc1.O=C(O)CCC(=O)O. The van der Waals surface area contributed by atoms with E-state index in [2.05, 4.69) is 0 Å². The number of hydrogen-bond donors (Lipinski definition) is 4. The van der Waals surface area contributed by atoms with E-state index >= 15 is 0 Å². The van der Waals surface area contributed by atoms with Gasteiger partial charge in [-0.2, -0.15) is 0 Å². The summed E-state index contributed by atoms with van der Waals surface area (Å²) >= 11 is 0. The lowest BCUT2D eigenvalue weighted by Gasteiger charge is -1.93. The summed E-state index contributed by atoms with van der Waals surface area (Å²) in [6, 6.07) is 15.8. The smallest absolute Gasteiger partial charge is 0.303 e. The number of benzene rings is 2. The van der Waals surface area contributed by atoms with E-state index in [4.69, 9.17) is 20.5 Å². The van der Waals surface area contributed by atoms with Crippen molar-refractivity contribution in [3.05, 3.63) is 60.7 Å². The van der Waals surface area contributed by atoms with Crippen LogP contribution in [0.3, 0.4) is 0 Å². The van der Waals surface area contributed by atoms with E-state index in [1.54, 1.807) is 36.4 Å². The minimum absolute atomic E-state index is 0.148. The minimum atomic E-state index is -3.50. The molecule has 154 valence electrons. The van der Waals surface area contributed by atoms with Gasteiger partial charge in [-0.25, -0.2) is 27.1 Å². The zero-order valence-electron chi connectivity index (χ0n) is 14.5. The number of hydrogen-bond acceptors (Lipinski definition) is 6. The first-order chi connectivity index (χ1) is 12.8. The van der Waals surface area contributed by atoms with Crippen LogP contribution in [0.2, 0.25) is 0 Å². The zero-order valence-corrected chi connectivity index (χ0v) is 16.1. The second-order valence-corrected chi connectivity index (χ2v) is 8.13. The number of nitrogens with two attached hydrogens (primary N) is 2. The van der Waals surface area contributed by atoms with Crippen molar-refractivity contribution in [1.82, 2.24) is 0 Å². The second-order valence-electron chi connectivity index (χ2n) is 5.00. The number of carbonyl (C=O) groups is 2. The number of carboxylic acid groups (broad SMARTS) is 2. The number of primary sulfonamides is 2. The molecule has 28 heavy (non-hydrogen) atoms. The van der Waals surface area contributed by atoms with E-state index in [1.807, 2.05) is 0 Å². The highest BCUT2D eigenvalue weighted by Crippen LogP contribution is 2.03. The molecule has 0 heterocycles. The van der Waals surface area contributed by atoms with E-state index in [0.717, 1.165) is 0 Å². The molecule has 0 aliphatic rings. The first kappa shape index (κ1) is 25.2. The Morgan fingerprint density at radius 2 is 0.893 bits per heavy atom. The fraction of sp³-hybridized carbons (Fsp3) is 0.125. The summed E-state index contributed by atoms with van der Waals surface area (Å²) < 4.78 is 42.4. The van der Waals surface area contributed by atoms with E-state index in [9.17, 15) is 26.4 Å². The fourth-order valence-electron chi connectivity index (χ4n) is 1.43. The lowest BCUT2D eigenvalue weighted by atomic mass is 10.3. The third-order valence-electron chi connectivity index (χ3n) is 2.70. The fourth-order valence-corrected chi connectivity index (χ4v) is 2.51. The lowest BCUT2D eigenvalue weighted by Crippen LogP contribution is -2.11. The van der Waals surface area contributed by atoms with Gasteiger partial charge in [0.25, 0.3) is 0 Å². The highest BCUT2D eigenvalue weighted by atomic mass is 32.2. The minimum Gasteiger partial charge on any atom is -0.481 e. The molecule has 0 radical (unpaired) electrons. The van der Waals surface area contributed by atoms with Crippen molar-refractivity contribution in [2.24, 2.45) is 10.3 Å². The monoisotopic (exact) mass is 432 g/mol. The van der Waals surface area contributed by atoms with E-state index in [1.165, 1.54) is 24.3 Å². The molecule has 0 fully saturated rings. The van der Waals surface area contributed by atoms with Gasteiger partial charge in [0.05, 0.1) is 22.6 Å². The van der Waals surface area contributed by atoms with E-state index < -0.39 is 32.0 Å². The summed E-state index contributed by atoms with van der Waals surface area (Å²) in [5, 5.41) is 25.5. The van der Waals surface area contributed by atoms with Gasteiger partial charge in [0.15, 0.2) is 0 Å². The Balaban J connectivity index is 0.000000394. The van der Waals surface area contributed by atoms with Gasteiger partial charge in [-0.3, -0.25) is 9.59 Å². The number of aliphatic carboxylic acids is 2. The van der Waals surface area contributed by atoms with Crippen LogP contribution < -0.4 is 10.3 Å². The topological polar surface area (TPSA) is 195 Å². The first-order valence-corrected chi connectivity index (χ1v) is 10.5. The molecule has 0 aromatic heterocycles. The molecule has 0 spiro atoms. The van der Waals surface area contributed by atoms with Gasteiger partial charge in [0.2, 0.25) is 20.0 Å². The number of sulfonamides is 2. The summed E-state index contributed by atoms with van der Waals surface area (Å²) in [5.74, 6) is -2.15. The molecule has 0 aliphatic carbocycles. The molecule has 2 aromatic carbocycles. The van der Waals surface area contributed by atoms with Crippen molar-refractivity contribution in [2.45, 2.75) is 22.6 Å².